The average molecular weight is 408 g/mol. The molecule has 140 valence electrons. The van der Waals surface area contributed by atoms with Crippen LogP contribution in [0.2, 0.25) is 5.02 Å². The van der Waals surface area contributed by atoms with E-state index in [0.717, 1.165) is 16.1 Å². The van der Waals surface area contributed by atoms with E-state index in [9.17, 15) is 9.59 Å². The van der Waals surface area contributed by atoms with Crippen LogP contribution < -0.4 is 4.90 Å². The highest BCUT2D eigenvalue weighted by Crippen LogP contribution is 2.46. The van der Waals surface area contributed by atoms with Gasteiger partial charge in [-0.15, -0.1) is 11.8 Å². The molecule has 0 aromatic heterocycles. The third-order valence-corrected chi connectivity index (χ3v) is 6.38. The van der Waals surface area contributed by atoms with Gasteiger partial charge in [-0.1, -0.05) is 72.3 Å². The molecule has 1 heterocycles. The second-order valence-corrected chi connectivity index (χ2v) is 8.22. The Balaban J connectivity index is 1.68. The van der Waals surface area contributed by atoms with Gasteiger partial charge in [0.05, 0.1) is 12.2 Å². The van der Waals surface area contributed by atoms with Crippen molar-refractivity contribution in [2.24, 2.45) is 0 Å². The van der Waals surface area contributed by atoms with Gasteiger partial charge in [-0.25, -0.2) is 0 Å². The summed E-state index contributed by atoms with van der Waals surface area (Å²) in [6, 6.07) is 24.4. The highest BCUT2D eigenvalue weighted by atomic mass is 35.5. The van der Waals surface area contributed by atoms with E-state index in [4.69, 9.17) is 11.6 Å². The molecule has 1 aliphatic heterocycles. The number of carbonyl (C=O) groups is 2. The number of carbonyl (C=O) groups excluding carboxylic acids is 2. The normalized spacial score (nSPS) is 16.4. The molecule has 0 aliphatic carbocycles. The molecule has 0 bridgehead atoms. The molecule has 0 spiro atoms. The van der Waals surface area contributed by atoms with Crippen molar-refractivity contribution in [1.82, 2.24) is 0 Å². The lowest BCUT2D eigenvalue weighted by Crippen LogP contribution is -2.35. The van der Waals surface area contributed by atoms with Crippen molar-refractivity contribution in [2.45, 2.75) is 16.6 Å². The Morgan fingerprint density at radius 2 is 1.64 bits per heavy atom. The molecule has 0 N–H and O–H groups in total. The molecule has 3 aromatic rings. The monoisotopic (exact) mass is 407 g/mol. The Bertz CT molecular complexity index is 1020. The second-order valence-electron chi connectivity index (χ2n) is 6.57. The van der Waals surface area contributed by atoms with Gasteiger partial charge < -0.3 is 4.90 Å². The Morgan fingerprint density at radius 3 is 2.43 bits per heavy atom. The van der Waals surface area contributed by atoms with E-state index in [1.54, 1.807) is 28.8 Å². The molecule has 0 saturated heterocycles. The van der Waals surface area contributed by atoms with Crippen LogP contribution in [-0.4, -0.2) is 18.2 Å². The van der Waals surface area contributed by atoms with E-state index in [0.29, 0.717) is 10.6 Å². The van der Waals surface area contributed by atoms with Crippen molar-refractivity contribution in [3.63, 3.8) is 0 Å². The Kier molecular flexibility index (Phi) is 5.51. The van der Waals surface area contributed by atoms with E-state index in [1.807, 2.05) is 66.7 Å². The van der Waals surface area contributed by atoms with Gasteiger partial charge in [0.2, 0.25) is 5.91 Å². The number of benzene rings is 3. The Labute approximate surface area is 173 Å². The summed E-state index contributed by atoms with van der Waals surface area (Å²) in [6.45, 7) is 0.0235. The number of rotatable bonds is 4. The van der Waals surface area contributed by atoms with Gasteiger partial charge >= 0.3 is 0 Å². The molecular formula is C23H18ClNO2S. The van der Waals surface area contributed by atoms with Crippen LogP contribution in [0.1, 0.15) is 27.6 Å². The molecular weight excluding hydrogens is 390 g/mol. The first kappa shape index (κ1) is 18.8. The third kappa shape index (κ3) is 3.84. The van der Waals surface area contributed by atoms with Gasteiger partial charge in [0, 0.05) is 27.2 Å². The van der Waals surface area contributed by atoms with Crippen molar-refractivity contribution in [1.29, 1.82) is 0 Å². The molecule has 0 radical (unpaired) electrons. The molecule has 0 fully saturated rings. The zero-order valence-corrected chi connectivity index (χ0v) is 16.6. The van der Waals surface area contributed by atoms with E-state index in [-0.39, 0.29) is 29.9 Å². The van der Waals surface area contributed by atoms with Crippen LogP contribution in [0, 0.1) is 0 Å². The lowest BCUT2D eigenvalue weighted by molar-refractivity contribution is -0.118. The fraction of sp³-hybridized carbons (Fsp3) is 0.130. The number of nitrogens with zero attached hydrogens (tertiary/aromatic N) is 1. The molecule has 0 saturated carbocycles. The van der Waals surface area contributed by atoms with E-state index < -0.39 is 0 Å². The summed E-state index contributed by atoms with van der Waals surface area (Å²) < 4.78 is 0. The summed E-state index contributed by atoms with van der Waals surface area (Å²) in [7, 11) is 0. The van der Waals surface area contributed by atoms with Crippen LogP contribution >= 0.6 is 23.4 Å². The number of Topliss-reactive ketones (excluding diaryl/α,β-unsaturated/α-hetero) is 1. The predicted molar refractivity (Wildman–Crippen MR) is 114 cm³/mol. The van der Waals surface area contributed by atoms with Gasteiger partial charge in [-0.3, -0.25) is 9.59 Å². The lowest BCUT2D eigenvalue weighted by atomic mass is 10.1. The standard InChI is InChI=1S/C23H18ClNO2S/c24-18-11-5-4-10-17(18)22-14-23(27)25(19-12-6-7-13-21(19)28-22)15-20(26)16-8-2-1-3-9-16/h1-13,22H,14-15H2. The van der Waals surface area contributed by atoms with Gasteiger partial charge in [0.25, 0.3) is 0 Å². The van der Waals surface area contributed by atoms with Crippen molar-refractivity contribution < 1.29 is 9.59 Å². The number of para-hydroxylation sites is 1. The van der Waals surface area contributed by atoms with Crippen molar-refractivity contribution in [3.05, 3.63) is 95.0 Å². The number of hydrogen-bond acceptors (Lipinski definition) is 3. The predicted octanol–water partition coefficient (Wildman–Crippen LogP) is 5.79. The maximum absolute atomic E-state index is 13.2. The molecule has 3 aromatic carbocycles. The first-order chi connectivity index (χ1) is 13.6. The number of amides is 1. The van der Waals surface area contributed by atoms with Crippen LogP contribution in [-0.2, 0) is 4.79 Å². The summed E-state index contributed by atoms with van der Waals surface area (Å²) in [5.41, 5.74) is 2.32. The van der Waals surface area contributed by atoms with E-state index in [1.165, 1.54) is 0 Å². The topological polar surface area (TPSA) is 37.4 Å². The largest absolute Gasteiger partial charge is 0.303 e. The molecule has 28 heavy (non-hydrogen) atoms. The zero-order chi connectivity index (χ0) is 19.5. The van der Waals surface area contributed by atoms with Crippen LogP contribution in [0.25, 0.3) is 0 Å². The molecule has 1 atom stereocenters. The summed E-state index contributed by atoms with van der Waals surface area (Å²) in [5, 5.41) is 0.554. The molecule has 5 heteroatoms. The average Bonchev–Trinajstić information content (AvgIpc) is 2.86. The number of ketones is 1. The molecule has 3 nitrogen and oxygen atoms in total. The van der Waals surface area contributed by atoms with Crippen LogP contribution in [0.15, 0.2) is 83.8 Å². The summed E-state index contributed by atoms with van der Waals surface area (Å²) in [4.78, 5) is 28.5. The van der Waals surface area contributed by atoms with Crippen molar-refractivity contribution in [3.8, 4) is 0 Å². The SMILES string of the molecule is O=C(CN1C(=O)CC(c2ccccc2Cl)Sc2ccccc21)c1ccccc1. The van der Waals surface area contributed by atoms with Gasteiger partial charge in [0.15, 0.2) is 5.78 Å². The first-order valence-electron chi connectivity index (χ1n) is 9.02. The maximum Gasteiger partial charge on any atom is 0.228 e. The second kappa shape index (κ2) is 8.21. The first-order valence-corrected chi connectivity index (χ1v) is 10.3. The quantitative estimate of drug-likeness (QED) is 0.513. The fourth-order valence-electron chi connectivity index (χ4n) is 3.32. The lowest BCUT2D eigenvalue weighted by Gasteiger charge is -2.22. The minimum absolute atomic E-state index is 0.0235. The molecule has 1 amide bonds. The number of thioether (sulfide) groups is 1. The molecule has 4 rings (SSSR count). The summed E-state index contributed by atoms with van der Waals surface area (Å²) in [6.07, 6.45) is 0.283. The maximum atomic E-state index is 13.2. The van der Waals surface area contributed by atoms with Gasteiger partial charge in [0.1, 0.15) is 0 Å². The molecule has 1 unspecified atom stereocenters. The zero-order valence-electron chi connectivity index (χ0n) is 15.0. The molecule has 1 aliphatic rings. The fourth-order valence-corrected chi connectivity index (χ4v) is 4.97. The van der Waals surface area contributed by atoms with Crippen molar-refractivity contribution >= 4 is 40.7 Å². The highest BCUT2D eigenvalue weighted by Gasteiger charge is 2.31. The number of fused-ring (bicyclic) bond motifs is 1. The van der Waals surface area contributed by atoms with Gasteiger partial charge in [-0.2, -0.15) is 0 Å². The van der Waals surface area contributed by atoms with E-state index in [2.05, 4.69) is 0 Å². The number of anilines is 1. The number of halogens is 1. The van der Waals surface area contributed by atoms with Crippen LogP contribution in [0.5, 0.6) is 0 Å². The van der Waals surface area contributed by atoms with Crippen LogP contribution in [0.4, 0.5) is 5.69 Å². The summed E-state index contributed by atoms with van der Waals surface area (Å²) in [5.74, 6) is -0.156. The van der Waals surface area contributed by atoms with Crippen LogP contribution in [0.3, 0.4) is 0 Å². The Hall–Kier alpha value is -2.56. The summed E-state index contributed by atoms with van der Waals surface area (Å²) >= 11 is 8.01. The Morgan fingerprint density at radius 1 is 0.964 bits per heavy atom. The van der Waals surface area contributed by atoms with E-state index >= 15 is 0 Å². The smallest absolute Gasteiger partial charge is 0.228 e. The van der Waals surface area contributed by atoms with Gasteiger partial charge in [-0.05, 0) is 23.8 Å². The minimum atomic E-state index is -0.0980. The highest BCUT2D eigenvalue weighted by molar-refractivity contribution is 7.99. The minimum Gasteiger partial charge on any atom is -0.303 e. The van der Waals surface area contributed by atoms with Crippen molar-refractivity contribution in [2.75, 3.05) is 11.4 Å². The number of hydrogen-bond donors (Lipinski definition) is 0. The third-order valence-electron chi connectivity index (χ3n) is 4.74.